The van der Waals surface area contributed by atoms with Crippen LogP contribution in [0.15, 0.2) is 59.7 Å². The van der Waals surface area contributed by atoms with E-state index in [9.17, 15) is 4.79 Å². The number of benzene rings is 1. The lowest BCUT2D eigenvalue weighted by Crippen LogP contribution is -2.31. The highest BCUT2D eigenvalue weighted by Crippen LogP contribution is 2.09. The summed E-state index contributed by atoms with van der Waals surface area (Å²) in [5.74, 6) is -0.0183. The predicted octanol–water partition coefficient (Wildman–Crippen LogP) is 2.52. The molecule has 1 aromatic rings. The topological polar surface area (TPSA) is 32.7 Å². The van der Waals surface area contributed by atoms with Gasteiger partial charge in [-0.15, -0.1) is 0 Å². The first kappa shape index (κ1) is 13.5. The molecule has 4 heteroatoms. The molecule has 1 aliphatic rings. The first-order valence-corrected chi connectivity index (χ1v) is 9.27. The maximum Gasteiger partial charge on any atom is 0.205 e. The Balaban J connectivity index is 2.17. The van der Waals surface area contributed by atoms with E-state index in [4.69, 9.17) is 0 Å². The molecule has 0 fully saturated rings. The summed E-state index contributed by atoms with van der Waals surface area (Å²) in [4.78, 5) is 11.7. The van der Waals surface area contributed by atoms with Crippen LogP contribution in [0.1, 0.15) is 5.56 Å². The van der Waals surface area contributed by atoms with Crippen LogP contribution in [0.4, 0.5) is 0 Å². The van der Waals surface area contributed by atoms with Crippen LogP contribution < -0.4 is 0 Å². The molecule has 0 amide bonds. The molecule has 0 unspecified atom stereocenters. The van der Waals surface area contributed by atoms with Gasteiger partial charge in [-0.2, -0.15) is 5.10 Å². The highest BCUT2D eigenvalue weighted by molar-refractivity contribution is 6.53. The molecule has 98 valence electrons. The van der Waals surface area contributed by atoms with E-state index >= 15 is 0 Å². The van der Waals surface area contributed by atoms with E-state index < -0.39 is 8.96 Å². The summed E-state index contributed by atoms with van der Waals surface area (Å²) in [5.41, 5.74) is 1.75. The molecule has 0 saturated carbocycles. The summed E-state index contributed by atoms with van der Waals surface area (Å²) in [7, 11) is -1.12. The molecule has 0 spiro atoms. The van der Waals surface area contributed by atoms with Gasteiger partial charge in [-0.1, -0.05) is 55.6 Å². The zero-order chi connectivity index (χ0) is 13.7. The van der Waals surface area contributed by atoms with Crippen molar-refractivity contribution in [2.75, 3.05) is 0 Å². The first-order valence-electron chi connectivity index (χ1n) is 6.45. The Morgan fingerprint density at radius 3 is 2.42 bits per heavy atom. The van der Waals surface area contributed by atoms with Gasteiger partial charge in [0.2, 0.25) is 5.78 Å². The molecule has 1 aliphatic carbocycles. The predicted molar refractivity (Wildman–Crippen MR) is 81.6 cm³/mol. The second-order valence-corrected chi connectivity index (χ2v) is 7.53. The Morgan fingerprint density at radius 1 is 1.11 bits per heavy atom. The van der Waals surface area contributed by atoms with Crippen molar-refractivity contribution in [2.45, 2.75) is 19.6 Å². The second-order valence-electron chi connectivity index (χ2n) is 4.74. The highest BCUT2D eigenvalue weighted by atomic mass is 28.3. The maximum absolute atomic E-state index is 11.7. The number of carbonyl (C=O) groups is 1. The fourth-order valence-corrected chi connectivity index (χ4v) is 2.71. The van der Waals surface area contributed by atoms with Gasteiger partial charge in [0, 0.05) is 0 Å². The third kappa shape index (κ3) is 3.76. The molecule has 19 heavy (non-hydrogen) atoms. The van der Waals surface area contributed by atoms with Crippen molar-refractivity contribution in [3.8, 4) is 0 Å². The second kappa shape index (κ2) is 6.29. The van der Waals surface area contributed by atoms with Crippen molar-refractivity contribution in [2.24, 2.45) is 5.10 Å². The summed E-state index contributed by atoms with van der Waals surface area (Å²) >= 11 is 0. The molecular formula is C15H18N2OSi. The first-order chi connectivity index (χ1) is 9.16. The Hall–Kier alpha value is -1.94. The minimum atomic E-state index is -1.12. The fourth-order valence-electron chi connectivity index (χ4n) is 1.78. The van der Waals surface area contributed by atoms with Crippen LogP contribution in [0.3, 0.4) is 0 Å². The van der Waals surface area contributed by atoms with Gasteiger partial charge in [-0.25, -0.2) is 0 Å². The van der Waals surface area contributed by atoms with Crippen molar-refractivity contribution in [3.05, 3.63) is 60.2 Å². The largest absolute Gasteiger partial charge is 0.323 e. The van der Waals surface area contributed by atoms with Crippen LogP contribution in [0, 0.1) is 0 Å². The van der Waals surface area contributed by atoms with Crippen molar-refractivity contribution >= 4 is 20.5 Å². The lowest BCUT2D eigenvalue weighted by atomic mass is 10.1. The third-order valence-electron chi connectivity index (χ3n) is 2.88. The standard InChI is InChI=1S/C15H18N2OSi/c1-19(2)17(12-13-8-4-3-5-9-13)16-14-10-6-7-11-15(14)18/h3-11,19H,12H2,1-2H3. The van der Waals surface area contributed by atoms with E-state index in [0.717, 1.165) is 6.54 Å². The minimum Gasteiger partial charge on any atom is -0.323 e. The highest BCUT2D eigenvalue weighted by Gasteiger charge is 2.13. The van der Waals surface area contributed by atoms with Gasteiger partial charge in [0.15, 0.2) is 8.96 Å². The Kier molecular flexibility index (Phi) is 4.47. The van der Waals surface area contributed by atoms with E-state index in [1.807, 2.05) is 24.3 Å². The molecule has 3 nitrogen and oxygen atoms in total. The number of carbonyl (C=O) groups excluding carboxylic acids is 1. The molecule has 2 rings (SSSR count). The van der Waals surface area contributed by atoms with Crippen LogP contribution in [0.25, 0.3) is 0 Å². The normalized spacial score (nSPS) is 16.4. The lowest BCUT2D eigenvalue weighted by Gasteiger charge is -2.24. The van der Waals surface area contributed by atoms with Crippen LogP contribution in [-0.4, -0.2) is 25.1 Å². The van der Waals surface area contributed by atoms with Gasteiger partial charge in [0.05, 0.1) is 6.54 Å². The van der Waals surface area contributed by atoms with Gasteiger partial charge in [-0.3, -0.25) is 4.79 Å². The smallest absolute Gasteiger partial charge is 0.205 e. The van der Waals surface area contributed by atoms with E-state index in [1.165, 1.54) is 5.56 Å². The van der Waals surface area contributed by atoms with Gasteiger partial charge in [-0.05, 0) is 17.7 Å². The van der Waals surface area contributed by atoms with Gasteiger partial charge in [0.25, 0.3) is 0 Å². The molecule has 0 bridgehead atoms. The Labute approximate surface area is 115 Å². The Morgan fingerprint density at radius 2 is 1.79 bits per heavy atom. The summed E-state index contributed by atoms with van der Waals surface area (Å²) in [6.07, 6.45) is 6.93. The molecule has 0 saturated heterocycles. The van der Waals surface area contributed by atoms with Gasteiger partial charge < -0.3 is 4.67 Å². The summed E-state index contributed by atoms with van der Waals surface area (Å²) in [5, 5.41) is 4.54. The van der Waals surface area contributed by atoms with Gasteiger partial charge in [0.1, 0.15) is 5.71 Å². The third-order valence-corrected chi connectivity index (χ3v) is 4.38. The average Bonchev–Trinajstić information content (AvgIpc) is 2.41. The van der Waals surface area contributed by atoms with E-state index in [-0.39, 0.29) is 5.78 Å². The number of rotatable bonds is 4. The minimum absolute atomic E-state index is 0.0183. The number of nitrogens with zero attached hydrogens (tertiary/aromatic N) is 2. The van der Waals surface area contributed by atoms with Crippen molar-refractivity contribution < 1.29 is 4.79 Å². The molecule has 0 N–H and O–H groups in total. The molecule has 0 aliphatic heterocycles. The number of hydrazone groups is 1. The van der Waals surface area contributed by atoms with Gasteiger partial charge >= 0.3 is 0 Å². The molecular weight excluding hydrogens is 252 g/mol. The number of hydrogen-bond donors (Lipinski definition) is 0. The maximum atomic E-state index is 11.7. The molecule has 0 atom stereocenters. The SMILES string of the molecule is C[SiH](C)N(Cc1ccccc1)N=C1C=CC=CC1=O. The lowest BCUT2D eigenvalue weighted by molar-refractivity contribution is -0.108. The zero-order valence-electron chi connectivity index (χ0n) is 11.3. The van der Waals surface area contributed by atoms with Crippen LogP contribution in [0.5, 0.6) is 0 Å². The van der Waals surface area contributed by atoms with Crippen molar-refractivity contribution in [3.63, 3.8) is 0 Å². The van der Waals surface area contributed by atoms with Crippen LogP contribution in [0.2, 0.25) is 13.1 Å². The average molecular weight is 270 g/mol. The molecule has 1 aromatic carbocycles. The number of ketones is 1. The van der Waals surface area contributed by atoms with Crippen molar-refractivity contribution in [1.82, 2.24) is 4.67 Å². The molecule has 0 heterocycles. The van der Waals surface area contributed by atoms with Crippen LogP contribution >= 0.6 is 0 Å². The fraction of sp³-hybridized carbons (Fsp3) is 0.200. The monoisotopic (exact) mass is 270 g/mol. The summed E-state index contributed by atoms with van der Waals surface area (Å²) in [6, 6.07) is 10.2. The zero-order valence-corrected chi connectivity index (χ0v) is 12.4. The number of hydrogen-bond acceptors (Lipinski definition) is 3. The summed E-state index contributed by atoms with van der Waals surface area (Å²) < 4.78 is 2.08. The Bertz CT molecular complexity index is 532. The number of allylic oxidation sites excluding steroid dienone is 4. The summed E-state index contributed by atoms with van der Waals surface area (Å²) in [6.45, 7) is 5.18. The van der Waals surface area contributed by atoms with Crippen LogP contribution in [-0.2, 0) is 11.3 Å². The van der Waals surface area contributed by atoms with E-state index in [1.54, 1.807) is 18.2 Å². The van der Waals surface area contributed by atoms with E-state index in [2.05, 4.69) is 35.0 Å². The van der Waals surface area contributed by atoms with E-state index in [0.29, 0.717) is 5.71 Å². The van der Waals surface area contributed by atoms with Crippen molar-refractivity contribution in [1.29, 1.82) is 0 Å². The molecule has 0 aromatic heterocycles. The molecule has 0 radical (unpaired) electrons. The quantitative estimate of drug-likeness (QED) is 0.478.